The molecule has 0 spiro atoms. The predicted octanol–water partition coefficient (Wildman–Crippen LogP) is 3.21. The third kappa shape index (κ3) is 2.16. The maximum atomic E-state index is 9.60. The lowest BCUT2D eigenvalue weighted by molar-refractivity contribution is 0.121. The van der Waals surface area contributed by atoms with Crippen LogP contribution in [0.3, 0.4) is 0 Å². The van der Waals surface area contributed by atoms with E-state index in [-0.39, 0.29) is 0 Å². The molecule has 0 radical (unpaired) electrons. The standard InChI is InChI=1S/C14H19NO2Si/c1-16-13-7-5-6-12-11(13)8-9-14(12,10-15)17-18(2,3)4/h5-7H,8-9H2,1-4H3/t14-/m1/s1. The topological polar surface area (TPSA) is 42.2 Å². The van der Waals surface area contributed by atoms with Crippen LogP contribution in [0.2, 0.25) is 19.6 Å². The van der Waals surface area contributed by atoms with E-state index in [0.29, 0.717) is 0 Å². The van der Waals surface area contributed by atoms with Gasteiger partial charge in [0.2, 0.25) is 0 Å². The molecule has 3 nitrogen and oxygen atoms in total. The zero-order valence-corrected chi connectivity index (χ0v) is 12.4. The summed E-state index contributed by atoms with van der Waals surface area (Å²) in [6.45, 7) is 6.35. The molecule has 0 N–H and O–H groups in total. The Kier molecular flexibility index (Phi) is 3.22. The van der Waals surface area contributed by atoms with E-state index >= 15 is 0 Å². The summed E-state index contributed by atoms with van der Waals surface area (Å²) in [5.41, 5.74) is 1.35. The molecule has 0 bridgehead atoms. The number of nitriles is 1. The van der Waals surface area contributed by atoms with Crippen molar-refractivity contribution in [3.05, 3.63) is 29.3 Å². The van der Waals surface area contributed by atoms with Gasteiger partial charge in [-0.15, -0.1) is 0 Å². The summed E-state index contributed by atoms with van der Waals surface area (Å²) in [6, 6.07) is 8.27. The van der Waals surface area contributed by atoms with Gasteiger partial charge in [0.25, 0.3) is 0 Å². The molecule has 96 valence electrons. The molecule has 0 saturated heterocycles. The molecular formula is C14H19NO2Si. The summed E-state index contributed by atoms with van der Waals surface area (Å²) in [6.07, 6.45) is 1.57. The number of nitrogens with zero attached hydrogens (tertiary/aromatic N) is 1. The van der Waals surface area contributed by atoms with Gasteiger partial charge in [0.05, 0.1) is 7.11 Å². The lowest BCUT2D eigenvalue weighted by atomic mass is 9.98. The molecule has 0 aromatic heterocycles. The number of methoxy groups -OCH3 is 1. The molecule has 1 aromatic carbocycles. The number of hydrogen-bond acceptors (Lipinski definition) is 3. The molecule has 0 unspecified atom stereocenters. The molecule has 0 aliphatic heterocycles. The predicted molar refractivity (Wildman–Crippen MR) is 73.0 cm³/mol. The highest BCUT2D eigenvalue weighted by Gasteiger charge is 2.44. The van der Waals surface area contributed by atoms with Crippen molar-refractivity contribution in [2.24, 2.45) is 0 Å². The number of rotatable bonds is 3. The van der Waals surface area contributed by atoms with Gasteiger partial charge in [0, 0.05) is 11.1 Å². The largest absolute Gasteiger partial charge is 0.496 e. The Hall–Kier alpha value is -1.31. The van der Waals surface area contributed by atoms with E-state index in [0.717, 1.165) is 29.7 Å². The molecule has 0 saturated carbocycles. The number of hydrogen-bond donors (Lipinski definition) is 0. The van der Waals surface area contributed by atoms with Crippen molar-refractivity contribution >= 4 is 8.32 Å². The lowest BCUT2D eigenvalue weighted by Crippen LogP contribution is -2.38. The van der Waals surface area contributed by atoms with Crippen LogP contribution in [0.5, 0.6) is 5.75 Å². The van der Waals surface area contributed by atoms with E-state index in [1.807, 2.05) is 18.2 Å². The molecule has 2 rings (SSSR count). The first kappa shape index (κ1) is 13.1. The highest BCUT2D eigenvalue weighted by atomic mass is 28.4. The Balaban J connectivity index is 2.49. The minimum atomic E-state index is -1.77. The summed E-state index contributed by atoms with van der Waals surface area (Å²) in [5, 5.41) is 9.60. The fourth-order valence-corrected chi connectivity index (χ4v) is 3.90. The normalized spacial score (nSPS) is 22.4. The van der Waals surface area contributed by atoms with E-state index in [1.165, 1.54) is 0 Å². The van der Waals surface area contributed by atoms with Crippen LogP contribution in [-0.4, -0.2) is 15.4 Å². The van der Waals surface area contributed by atoms with E-state index in [9.17, 15) is 5.26 Å². The molecule has 4 heteroatoms. The second-order valence-electron chi connectivity index (χ2n) is 5.64. The molecule has 0 fully saturated rings. The van der Waals surface area contributed by atoms with Crippen molar-refractivity contribution in [3.63, 3.8) is 0 Å². The van der Waals surface area contributed by atoms with Crippen molar-refractivity contribution in [1.82, 2.24) is 0 Å². The van der Waals surface area contributed by atoms with Crippen molar-refractivity contribution in [3.8, 4) is 11.8 Å². The second-order valence-corrected chi connectivity index (χ2v) is 10.1. The Morgan fingerprint density at radius 3 is 2.61 bits per heavy atom. The maximum absolute atomic E-state index is 9.60. The van der Waals surface area contributed by atoms with Crippen LogP contribution in [0.25, 0.3) is 0 Å². The molecule has 1 aliphatic rings. The molecule has 0 amide bonds. The van der Waals surface area contributed by atoms with Crippen LogP contribution in [0, 0.1) is 11.3 Å². The number of fused-ring (bicyclic) bond motifs is 1. The van der Waals surface area contributed by atoms with Gasteiger partial charge in [0.1, 0.15) is 11.8 Å². The van der Waals surface area contributed by atoms with E-state index < -0.39 is 13.9 Å². The van der Waals surface area contributed by atoms with Gasteiger partial charge < -0.3 is 9.16 Å². The van der Waals surface area contributed by atoms with Gasteiger partial charge in [-0.05, 0) is 38.5 Å². The summed E-state index contributed by atoms with van der Waals surface area (Å²) < 4.78 is 11.6. The Labute approximate surface area is 109 Å². The average molecular weight is 261 g/mol. The molecule has 18 heavy (non-hydrogen) atoms. The minimum absolute atomic E-state index is 0.726. The Morgan fingerprint density at radius 2 is 2.06 bits per heavy atom. The first-order valence-electron chi connectivity index (χ1n) is 6.20. The maximum Gasteiger partial charge on any atom is 0.186 e. The molecule has 1 atom stereocenters. The Morgan fingerprint density at radius 1 is 1.33 bits per heavy atom. The monoisotopic (exact) mass is 261 g/mol. The second kappa shape index (κ2) is 4.41. The Bertz CT molecular complexity index is 501. The first-order chi connectivity index (χ1) is 8.42. The lowest BCUT2D eigenvalue weighted by Gasteiger charge is -2.31. The van der Waals surface area contributed by atoms with Gasteiger partial charge in [-0.1, -0.05) is 12.1 Å². The zero-order chi connectivity index (χ0) is 13.4. The van der Waals surface area contributed by atoms with Crippen LogP contribution in [-0.2, 0) is 16.4 Å². The van der Waals surface area contributed by atoms with Gasteiger partial charge >= 0.3 is 0 Å². The molecule has 1 aliphatic carbocycles. The first-order valence-corrected chi connectivity index (χ1v) is 9.60. The van der Waals surface area contributed by atoms with E-state index in [1.54, 1.807) is 7.11 Å². The smallest absolute Gasteiger partial charge is 0.186 e. The van der Waals surface area contributed by atoms with Crippen LogP contribution in [0.1, 0.15) is 17.5 Å². The molecule has 0 heterocycles. The van der Waals surface area contributed by atoms with Gasteiger partial charge in [0.15, 0.2) is 13.9 Å². The van der Waals surface area contributed by atoms with Gasteiger partial charge in [-0.25, -0.2) is 0 Å². The van der Waals surface area contributed by atoms with E-state index in [2.05, 4.69) is 25.7 Å². The van der Waals surface area contributed by atoms with Crippen molar-refractivity contribution in [2.45, 2.75) is 38.1 Å². The number of benzene rings is 1. The van der Waals surface area contributed by atoms with Crippen LogP contribution in [0.4, 0.5) is 0 Å². The van der Waals surface area contributed by atoms with Crippen LogP contribution < -0.4 is 4.74 Å². The zero-order valence-electron chi connectivity index (χ0n) is 11.4. The summed E-state index contributed by atoms with van der Waals surface area (Å²) >= 11 is 0. The third-order valence-electron chi connectivity index (χ3n) is 3.18. The third-order valence-corrected chi connectivity index (χ3v) is 4.14. The van der Waals surface area contributed by atoms with Crippen molar-refractivity contribution in [1.29, 1.82) is 5.26 Å². The SMILES string of the molecule is COc1cccc2c1CC[C@]2(C#N)O[Si](C)(C)C. The average Bonchev–Trinajstić information content (AvgIpc) is 2.67. The number of ether oxygens (including phenoxy) is 1. The fraction of sp³-hybridized carbons (Fsp3) is 0.500. The quantitative estimate of drug-likeness (QED) is 0.785. The van der Waals surface area contributed by atoms with Gasteiger partial charge in [-0.2, -0.15) is 5.26 Å². The fourth-order valence-electron chi connectivity index (χ4n) is 2.60. The van der Waals surface area contributed by atoms with Crippen LogP contribution >= 0.6 is 0 Å². The highest BCUT2D eigenvalue weighted by molar-refractivity contribution is 6.69. The molecule has 1 aromatic rings. The highest BCUT2D eigenvalue weighted by Crippen LogP contribution is 2.44. The summed E-state index contributed by atoms with van der Waals surface area (Å²) in [5.74, 6) is 0.865. The molecular weight excluding hydrogens is 242 g/mol. The van der Waals surface area contributed by atoms with Crippen molar-refractivity contribution < 1.29 is 9.16 Å². The summed E-state index contributed by atoms with van der Waals surface area (Å²) in [7, 11) is -0.107. The van der Waals surface area contributed by atoms with E-state index in [4.69, 9.17) is 9.16 Å². The van der Waals surface area contributed by atoms with Crippen LogP contribution in [0.15, 0.2) is 18.2 Å². The van der Waals surface area contributed by atoms with Gasteiger partial charge in [-0.3, -0.25) is 0 Å². The summed E-state index contributed by atoms with van der Waals surface area (Å²) in [4.78, 5) is 0. The minimum Gasteiger partial charge on any atom is -0.496 e. The van der Waals surface area contributed by atoms with Crippen molar-refractivity contribution in [2.75, 3.05) is 7.11 Å².